The molecule has 2 nitrogen and oxygen atoms in total. The lowest BCUT2D eigenvalue weighted by Gasteiger charge is -2.19. The topological polar surface area (TPSA) is 20.3 Å². The minimum absolute atomic E-state index is 0.145. The predicted octanol–water partition coefficient (Wildman–Crippen LogP) is 2.62. The molecule has 1 aromatic carbocycles. The highest BCUT2D eigenvalue weighted by Gasteiger charge is 2.14. The molecule has 1 amide bonds. The smallest absolute Gasteiger partial charge is 0.254 e. The van der Waals surface area contributed by atoms with Crippen LogP contribution in [0.2, 0.25) is 0 Å². The molecule has 3 heteroatoms. The first-order valence-corrected chi connectivity index (χ1v) is 5.59. The highest BCUT2D eigenvalue weighted by Crippen LogP contribution is 2.11. The summed E-state index contributed by atoms with van der Waals surface area (Å²) in [6.07, 6.45) is 6.07. The molecule has 0 N–H and O–H groups in total. The maximum absolute atomic E-state index is 13.1. The van der Waals surface area contributed by atoms with Crippen molar-refractivity contribution >= 4 is 5.91 Å². The van der Waals surface area contributed by atoms with Crippen LogP contribution in [0.5, 0.6) is 0 Å². The van der Waals surface area contributed by atoms with Gasteiger partial charge in [-0.25, -0.2) is 4.39 Å². The van der Waals surface area contributed by atoms with Gasteiger partial charge in [-0.1, -0.05) is 12.8 Å². The molecule has 0 spiro atoms. The number of carbonyl (C=O) groups excluding carboxylic acids is 1. The number of nitrogens with zero attached hydrogens (tertiary/aromatic N) is 1. The van der Waals surface area contributed by atoms with Crippen LogP contribution in [0.1, 0.15) is 29.3 Å². The molecule has 0 aliphatic rings. The van der Waals surface area contributed by atoms with Crippen LogP contribution in [0.3, 0.4) is 0 Å². The van der Waals surface area contributed by atoms with Crippen LogP contribution in [0.25, 0.3) is 0 Å². The number of halogens is 1. The molecule has 0 radical (unpaired) electrons. The second-order valence-electron chi connectivity index (χ2n) is 3.89. The molecule has 0 bridgehead atoms. The normalized spacial score (nSPS) is 9.76. The lowest BCUT2D eigenvalue weighted by molar-refractivity contribution is 0.0776. The Morgan fingerprint density at radius 1 is 1.53 bits per heavy atom. The average molecular weight is 233 g/mol. The molecule has 0 aliphatic carbocycles. The summed E-state index contributed by atoms with van der Waals surface area (Å²) >= 11 is 0. The maximum atomic E-state index is 13.1. The molecule has 17 heavy (non-hydrogen) atoms. The van der Waals surface area contributed by atoms with E-state index < -0.39 is 0 Å². The van der Waals surface area contributed by atoms with Crippen LogP contribution < -0.4 is 0 Å². The van der Waals surface area contributed by atoms with E-state index in [-0.39, 0.29) is 18.3 Å². The molecule has 0 aliphatic heterocycles. The SMILES string of the molecule is C#CCN(CCC)C(=O)c1ccc(F)c(C)c1. The number of rotatable bonds is 4. The Hall–Kier alpha value is -1.82. The standard InChI is InChI=1S/C14H16FNO/c1-4-8-16(9-5-2)14(17)12-6-7-13(15)11(3)10-12/h1,6-7,10H,5,8-9H2,2-3H3. The van der Waals surface area contributed by atoms with E-state index in [2.05, 4.69) is 5.92 Å². The van der Waals surface area contributed by atoms with Crippen molar-refractivity contribution in [1.82, 2.24) is 4.90 Å². The average Bonchev–Trinajstić information content (AvgIpc) is 2.31. The van der Waals surface area contributed by atoms with Gasteiger partial charge in [0.1, 0.15) is 5.82 Å². The Kier molecular flexibility index (Phi) is 4.71. The molecule has 1 rings (SSSR count). The van der Waals surface area contributed by atoms with Gasteiger partial charge in [0.05, 0.1) is 6.54 Å². The largest absolute Gasteiger partial charge is 0.328 e. The maximum Gasteiger partial charge on any atom is 0.254 e. The number of amides is 1. The molecule has 0 fully saturated rings. The molecule has 0 aromatic heterocycles. The van der Waals surface area contributed by atoms with Crippen molar-refractivity contribution in [1.29, 1.82) is 0 Å². The van der Waals surface area contributed by atoms with Gasteiger partial charge < -0.3 is 4.90 Å². The second kappa shape index (κ2) is 6.05. The van der Waals surface area contributed by atoms with Gasteiger partial charge in [0, 0.05) is 12.1 Å². The number of hydrogen-bond donors (Lipinski definition) is 0. The highest BCUT2D eigenvalue weighted by molar-refractivity contribution is 5.94. The molecule has 90 valence electrons. The van der Waals surface area contributed by atoms with Crippen molar-refractivity contribution in [3.63, 3.8) is 0 Å². The Morgan fingerprint density at radius 2 is 2.24 bits per heavy atom. The van der Waals surface area contributed by atoms with Gasteiger partial charge in [0.25, 0.3) is 5.91 Å². The van der Waals surface area contributed by atoms with E-state index in [0.717, 1.165) is 6.42 Å². The summed E-state index contributed by atoms with van der Waals surface area (Å²) in [5.74, 6) is 2.01. The Bertz CT molecular complexity index is 448. The summed E-state index contributed by atoms with van der Waals surface area (Å²) in [4.78, 5) is 13.7. The summed E-state index contributed by atoms with van der Waals surface area (Å²) in [5.41, 5.74) is 0.945. The zero-order valence-electron chi connectivity index (χ0n) is 10.2. The molecule has 0 unspecified atom stereocenters. The molecule has 0 saturated carbocycles. The quantitative estimate of drug-likeness (QED) is 0.732. The van der Waals surface area contributed by atoms with E-state index in [1.54, 1.807) is 17.9 Å². The summed E-state index contributed by atoms with van der Waals surface area (Å²) in [5, 5.41) is 0. The zero-order valence-corrected chi connectivity index (χ0v) is 10.2. The molecule has 0 atom stereocenters. The van der Waals surface area contributed by atoms with E-state index in [4.69, 9.17) is 6.42 Å². The second-order valence-corrected chi connectivity index (χ2v) is 3.89. The van der Waals surface area contributed by atoms with E-state index in [1.165, 1.54) is 12.1 Å². The lowest BCUT2D eigenvalue weighted by Crippen LogP contribution is -2.32. The molecular formula is C14H16FNO. The van der Waals surface area contributed by atoms with Crippen LogP contribution >= 0.6 is 0 Å². The number of hydrogen-bond acceptors (Lipinski definition) is 1. The fraction of sp³-hybridized carbons (Fsp3) is 0.357. The van der Waals surface area contributed by atoms with Gasteiger partial charge in [-0.2, -0.15) is 0 Å². The summed E-state index contributed by atoms with van der Waals surface area (Å²) < 4.78 is 13.1. The van der Waals surface area contributed by atoms with E-state index in [9.17, 15) is 9.18 Å². The third-order valence-electron chi connectivity index (χ3n) is 2.47. The number of aryl methyl sites for hydroxylation is 1. The Morgan fingerprint density at radius 3 is 2.76 bits per heavy atom. The summed E-state index contributed by atoms with van der Waals surface area (Å²) in [7, 11) is 0. The summed E-state index contributed by atoms with van der Waals surface area (Å²) in [6.45, 7) is 4.51. The van der Waals surface area contributed by atoms with Gasteiger partial charge in [0.15, 0.2) is 0 Å². The third kappa shape index (κ3) is 3.32. The fourth-order valence-electron chi connectivity index (χ4n) is 1.59. The first kappa shape index (κ1) is 13.2. The van der Waals surface area contributed by atoms with Crippen molar-refractivity contribution < 1.29 is 9.18 Å². The van der Waals surface area contributed by atoms with Gasteiger partial charge in [-0.3, -0.25) is 4.79 Å². The Labute approximate surface area is 101 Å². The van der Waals surface area contributed by atoms with Gasteiger partial charge in [-0.05, 0) is 37.1 Å². The Balaban J connectivity index is 2.93. The molecule has 0 saturated heterocycles. The first-order valence-electron chi connectivity index (χ1n) is 5.59. The van der Waals surface area contributed by atoms with Crippen LogP contribution in [-0.2, 0) is 0 Å². The van der Waals surface area contributed by atoms with Crippen molar-refractivity contribution in [2.24, 2.45) is 0 Å². The van der Waals surface area contributed by atoms with Crippen LogP contribution in [0, 0.1) is 25.1 Å². The van der Waals surface area contributed by atoms with Crippen LogP contribution in [0.15, 0.2) is 18.2 Å². The minimum Gasteiger partial charge on any atom is -0.328 e. The molecule has 1 aromatic rings. The van der Waals surface area contributed by atoms with Crippen molar-refractivity contribution in [2.45, 2.75) is 20.3 Å². The number of carbonyl (C=O) groups is 1. The lowest BCUT2D eigenvalue weighted by atomic mass is 10.1. The van der Waals surface area contributed by atoms with E-state index >= 15 is 0 Å². The predicted molar refractivity (Wildman–Crippen MR) is 66.2 cm³/mol. The first-order chi connectivity index (χ1) is 8.10. The van der Waals surface area contributed by atoms with Gasteiger partial charge >= 0.3 is 0 Å². The van der Waals surface area contributed by atoms with Gasteiger partial charge in [0.2, 0.25) is 0 Å². The summed E-state index contributed by atoms with van der Waals surface area (Å²) in [6, 6.07) is 4.35. The molecule has 0 heterocycles. The highest BCUT2D eigenvalue weighted by atomic mass is 19.1. The molecular weight excluding hydrogens is 217 g/mol. The van der Waals surface area contributed by atoms with Crippen molar-refractivity contribution in [3.8, 4) is 12.3 Å². The minimum atomic E-state index is -0.305. The van der Waals surface area contributed by atoms with E-state index in [1.807, 2.05) is 6.92 Å². The van der Waals surface area contributed by atoms with Crippen molar-refractivity contribution in [3.05, 3.63) is 35.1 Å². The van der Waals surface area contributed by atoms with Gasteiger partial charge in [-0.15, -0.1) is 6.42 Å². The zero-order chi connectivity index (χ0) is 12.8. The number of benzene rings is 1. The number of terminal acetylenes is 1. The fourth-order valence-corrected chi connectivity index (χ4v) is 1.59. The van der Waals surface area contributed by atoms with Crippen molar-refractivity contribution in [2.75, 3.05) is 13.1 Å². The monoisotopic (exact) mass is 233 g/mol. The third-order valence-corrected chi connectivity index (χ3v) is 2.47. The van der Waals surface area contributed by atoms with Crippen LogP contribution in [-0.4, -0.2) is 23.9 Å². The van der Waals surface area contributed by atoms with E-state index in [0.29, 0.717) is 17.7 Å². The van der Waals surface area contributed by atoms with Crippen LogP contribution in [0.4, 0.5) is 4.39 Å².